The first-order chi connectivity index (χ1) is 7.58. The van der Waals surface area contributed by atoms with Crippen molar-refractivity contribution in [3.05, 3.63) is 28.8 Å². The number of hydrogen-bond donors (Lipinski definition) is 1. The summed E-state index contributed by atoms with van der Waals surface area (Å²) in [5.41, 5.74) is 8.94. The Balaban J connectivity index is 2.21. The monoisotopic (exact) mass is 219 g/mol. The lowest BCUT2D eigenvalue weighted by atomic mass is 9.96. The average Bonchev–Trinajstić information content (AvgIpc) is 2.17. The van der Waals surface area contributed by atoms with Crippen LogP contribution in [-0.2, 0) is 4.74 Å². The highest BCUT2D eigenvalue weighted by Crippen LogP contribution is 2.25. The number of carbonyl (C=O) groups excluding carboxylic acids is 1. The average molecular weight is 219 g/mol. The van der Waals surface area contributed by atoms with E-state index in [1.165, 1.54) is 0 Å². The molecule has 1 aliphatic carbocycles. The van der Waals surface area contributed by atoms with Gasteiger partial charge in [-0.2, -0.15) is 0 Å². The largest absolute Gasteiger partial charge is 0.459 e. The highest BCUT2D eigenvalue weighted by Gasteiger charge is 2.23. The predicted octanol–water partition coefficient (Wildman–Crippen LogP) is 2.59. The van der Waals surface area contributed by atoms with Crippen LogP contribution in [0, 0.1) is 13.8 Å². The number of hydrogen-bond acceptors (Lipinski definition) is 3. The number of rotatable bonds is 2. The summed E-state index contributed by atoms with van der Waals surface area (Å²) in [5, 5.41) is 0. The zero-order valence-corrected chi connectivity index (χ0v) is 9.75. The van der Waals surface area contributed by atoms with Crippen LogP contribution in [0.3, 0.4) is 0 Å². The molecule has 0 bridgehead atoms. The second-order valence-corrected chi connectivity index (χ2v) is 4.47. The number of nitrogens with two attached hydrogens (primary N) is 1. The number of carbonyl (C=O) groups is 1. The predicted molar refractivity (Wildman–Crippen MR) is 63.4 cm³/mol. The molecular weight excluding hydrogens is 202 g/mol. The molecule has 0 saturated heterocycles. The van der Waals surface area contributed by atoms with Crippen molar-refractivity contribution >= 4 is 11.7 Å². The van der Waals surface area contributed by atoms with Gasteiger partial charge >= 0.3 is 5.97 Å². The molecular formula is C13H17NO2. The second-order valence-electron chi connectivity index (χ2n) is 4.47. The Kier molecular flexibility index (Phi) is 2.86. The van der Waals surface area contributed by atoms with Gasteiger partial charge in [-0.3, -0.25) is 0 Å². The number of anilines is 1. The van der Waals surface area contributed by atoms with Gasteiger partial charge in [0.25, 0.3) is 0 Å². The molecule has 3 heteroatoms. The van der Waals surface area contributed by atoms with Crippen LogP contribution >= 0.6 is 0 Å². The third kappa shape index (κ3) is 2.03. The SMILES string of the molecule is Cc1cc(N)cc(C(=O)OC2CCC2)c1C. The van der Waals surface area contributed by atoms with Gasteiger partial charge in [0.15, 0.2) is 0 Å². The van der Waals surface area contributed by atoms with E-state index < -0.39 is 0 Å². The van der Waals surface area contributed by atoms with Gasteiger partial charge < -0.3 is 10.5 Å². The molecule has 0 radical (unpaired) electrons. The molecule has 1 aliphatic rings. The number of aryl methyl sites for hydroxylation is 1. The molecule has 1 aromatic carbocycles. The van der Waals surface area contributed by atoms with Crippen molar-refractivity contribution in [2.24, 2.45) is 0 Å². The Morgan fingerprint density at radius 3 is 2.62 bits per heavy atom. The molecule has 1 saturated carbocycles. The lowest BCUT2D eigenvalue weighted by Crippen LogP contribution is -2.25. The van der Waals surface area contributed by atoms with E-state index >= 15 is 0 Å². The molecule has 16 heavy (non-hydrogen) atoms. The van der Waals surface area contributed by atoms with Crippen molar-refractivity contribution in [2.75, 3.05) is 5.73 Å². The molecule has 0 amide bonds. The summed E-state index contributed by atoms with van der Waals surface area (Å²) >= 11 is 0. The third-order valence-corrected chi connectivity index (χ3v) is 3.24. The zero-order chi connectivity index (χ0) is 11.7. The summed E-state index contributed by atoms with van der Waals surface area (Å²) in [7, 11) is 0. The minimum atomic E-state index is -0.238. The van der Waals surface area contributed by atoms with Crippen LogP contribution in [0.2, 0.25) is 0 Å². The Bertz CT molecular complexity index is 422. The van der Waals surface area contributed by atoms with E-state index in [4.69, 9.17) is 10.5 Å². The van der Waals surface area contributed by atoms with Gasteiger partial charge in [0.2, 0.25) is 0 Å². The molecule has 0 heterocycles. The fraction of sp³-hybridized carbons (Fsp3) is 0.462. The van der Waals surface area contributed by atoms with Crippen molar-refractivity contribution in [1.29, 1.82) is 0 Å². The van der Waals surface area contributed by atoms with Crippen LogP contribution < -0.4 is 5.73 Å². The number of ether oxygens (including phenoxy) is 1. The zero-order valence-electron chi connectivity index (χ0n) is 9.75. The van der Waals surface area contributed by atoms with Gasteiger partial charge in [-0.05, 0) is 56.4 Å². The van der Waals surface area contributed by atoms with Crippen LogP contribution in [0.15, 0.2) is 12.1 Å². The van der Waals surface area contributed by atoms with Crippen LogP contribution in [-0.4, -0.2) is 12.1 Å². The maximum absolute atomic E-state index is 11.9. The molecule has 3 nitrogen and oxygen atoms in total. The first-order valence-corrected chi connectivity index (χ1v) is 5.65. The van der Waals surface area contributed by atoms with E-state index in [-0.39, 0.29) is 12.1 Å². The molecule has 0 atom stereocenters. The van der Waals surface area contributed by atoms with E-state index in [9.17, 15) is 4.79 Å². The van der Waals surface area contributed by atoms with Crippen molar-refractivity contribution in [3.63, 3.8) is 0 Å². The Morgan fingerprint density at radius 1 is 1.38 bits per heavy atom. The van der Waals surface area contributed by atoms with Crippen molar-refractivity contribution < 1.29 is 9.53 Å². The molecule has 2 rings (SSSR count). The lowest BCUT2D eigenvalue weighted by molar-refractivity contribution is 0.00893. The van der Waals surface area contributed by atoms with Crippen LogP contribution in [0.4, 0.5) is 5.69 Å². The number of benzene rings is 1. The smallest absolute Gasteiger partial charge is 0.338 e. The molecule has 0 unspecified atom stereocenters. The molecule has 0 aliphatic heterocycles. The molecule has 2 N–H and O–H groups in total. The summed E-state index contributed by atoms with van der Waals surface area (Å²) in [6.45, 7) is 3.87. The fourth-order valence-electron chi connectivity index (χ4n) is 1.80. The fourth-order valence-corrected chi connectivity index (χ4v) is 1.80. The summed E-state index contributed by atoms with van der Waals surface area (Å²) in [5.74, 6) is -0.238. The topological polar surface area (TPSA) is 52.3 Å². The highest BCUT2D eigenvalue weighted by molar-refractivity contribution is 5.92. The minimum absolute atomic E-state index is 0.119. The minimum Gasteiger partial charge on any atom is -0.459 e. The summed E-state index contributed by atoms with van der Waals surface area (Å²) in [6.07, 6.45) is 3.26. The molecule has 1 aromatic rings. The molecule has 1 fully saturated rings. The van der Waals surface area contributed by atoms with Crippen molar-refractivity contribution in [1.82, 2.24) is 0 Å². The summed E-state index contributed by atoms with van der Waals surface area (Å²) in [4.78, 5) is 11.9. The maximum Gasteiger partial charge on any atom is 0.338 e. The second kappa shape index (κ2) is 4.16. The Labute approximate surface area is 95.6 Å². The summed E-state index contributed by atoms with van der Waals surface area (Å²) in [6, 6.07) is 3.57. The van der Waals surface area contributed by atoms with Crippen LogP contribution in [0.25, 0.3) is 0 Å². The number of nitrogen functional groups attached to an aromatic ring is 1. The standard InChI is InChI=1S/C13H17NO2/c1-8-6-10(14)7-12(9(8)2)13(15)16-11-4-3-5-11/h6-7,11H,3-5,14H2,1-2H3. The molecule has 0 aromatic heterocycles. The molecule has 0 spiro atoms. The Hall–Kier alpha value is -1.51. The highest BCUT2D eigenvalue weighted by atomic mass is 16.5. The Morgan fingerprint density at radius 2 is 2.06 bits per heavy atom. The van der Waals surface area contributed by atoms with Crippen LogP contribution in [0.1, 0.15) is 40.7 Å². The van der Waals surface area contributed by atoms with Crippen LogP contribution in [0.5, 0.6) is 0 Å². The third-order valence-electron chi connectivity index (χ3n) is 3.24. The van der Waals surface area contributed by atoms with Gasteiger partial charge in [0.05, 0.1) is 5.56 Å². The van der Waals surface area contributed by atoms with E-state index in [1.807, 2.05) is 19.9 Å². The van der Waals surface area contributed by atoms with Crippen molar-refractivity contribution in [3.8, 4) is 0 Å². The van der Waals surface area contributed by atoms with E-state index in [0.29, 0.717) is 11.3 Å². The quantitative estimate of drug-likeness (QED) is 0.614. The van der Waals surface area contributed by atoms with E-state index in [0.717, 1.165) is 30.4 Å². The van der Waals surface area contributed by atoms with Gasteiger partial charge in [0, 0.05) is 5.69 Å². The van der Waals surface area contributed by atoms with E-state index in [2.05, 4.69) is 0 Å². The van der Waals surface area contributed by atoms with Gasteiger partial charge in [-0.1, -0.05) is 0 Å². The number of esters is 1. The first-order valence-electron chi connectivity index (χ1n) is 5.65. The first kappa shape index (κ1) is 11.0. The molecule has 86 valence electrons. The van der Waals surface area contributed by atoms with Gasteiger partial charge in [-0.25, -0.2) is 4.79 Å². The summed E-state index contributed by atoms with van der Waals surface area (Å²) < 4.78 is 5.37. The normalized spacial score (nSPS) is 15.6. The lowest BCUT2D eigenvalue weighted by Gasteiger charge is -2.25. The maximum atomic E-state index is 11.9. The van der Waals surface area contributed by atoms with Crippen molar-refractivity contribution in [2.45, 2.75) is 39.2 Å². The van der Waals surface area contributed by atoms with E-state index in [1.54, 1.807) is 6.07 Å². The van der Waals surface area contributed by atoms with Gasteiger partial charge in [-0.15, -0.1) is 0 Å². The van der Waals surface area contributed by atoms with Gasteiger partial charge in [0.1, 0.15) is 6.10 Å².